The van der Waals surface area contributed by atoms with Gasteiger partial charge in [-0.1, -0.05) is 57.0 Å². The number of carbonyl (C=O) groups excluding carboxylic acids is 1. The Kier molecular flexibility index (Phi) is 6.56. The van der Waals surface area contributed by atoms with Gasteiger partial charge in [-0.25, -0.2) is 0 Å². The summed E-state index contributed by atoms with van der Waals surface area (Å²) in [4.78, 5) is 12.1. The molecule has 0 bridgehead atoms. The third-order valence-electron chi connectivity index (χ3n) is 2.79. The van der Waals surface area contributed by atoms with Gasteiger partial charge in [0.15, 0.2) is 5.78 Å². The van der Waals surface area contributed by atoms with Gasteiger partial charge in [0, 0.05) is 12.2 Å². The van der Waals surface area contributed by atoms with E-state index in [1.54, 1.807) is 0 Å². The summed E-state index contributed by atoms with van der Waals surface area (Å²) in [5.74, 6) is 0.101. The van der Waals surface area contributed by atoms with E-state index in [9.17, 15) is 4.79 Å². The molecule has 17 heavy (non-hydrogen) atoms. The van der Waals surface area contributed by atoms with Gasteiger partial charge in [-0.2, -0.15) is 0 Å². The molecule has 2 heteroatoms. The summed E-state index contributed by atoms with van der Waals surface area (Å²) in [6, 6.07) is 9.38. The Hall–Kier alpha value is -1.15. The molecule has 0 saturated carbocycles. The fraction of sp³-hybridized carbons (Fsp3) is 0.533. The van der Waals surface area contributed by atoms with Gasteiger partial charge < -0.3 is 4.74 Å². The standard InChI is InChI=1S/C15H22O2/c1-3-5-9-12-17-14(4-2)15(16)13-10-7-6-8-11-13/h6-8,10-11,14H,3-5,9,12H2,1-2H3. The van der Waals surface area contributed by atoms with Gasteiger partial charge in [0.25, 0.3) is 0 Å². The minimum atomic E-state index is -0.283. The van der Waals surface area contributed by atoms with Gasteiger partial charge in [-0.05, 0) is 12.8 Å². The van der Waals surface area contributed by atoms with Gasteiger partial charge in [-0.15, -0.1) is 0 Å². The lowest BCUT2D eigenvalue weighted by molar-refractivity contribution is 0.0384. The third-order valence-corrected chi connectivity index (χ3v) is 2.79. The molecule has 0 spiro atoms. The first-order valence-electron chi connectivity index (χ1n) is 6.50. The zero-order chi connectivity index (χ0) is 12.5. The van der Waals surface area contributed by atoms with Crippen LogP contribution >= 0.6 is 0 Å². The zero-order valence-corrected chi connectivity index (χ0v) is 10.8. The van der Waals surface area contributed by atoms with Crippen molar-refractivity contribution in [3.05, 3.63) is 35.9 Å². The minimum Gasteiger partial charge on any atom is -0.370 e. The van der Waals surface area contributed by atoms with E-state index >= 15 is 0 Å². The maximum atomic E-state index is 12.1. The van der Waals surface area contributed by atoms with Crippen LogP contribution in [0.2, 0.25) is 0 Å². The normalized spacial score (nSPS) is 12.4. The molecule has 0 aliphatic heterocycles. The Morgan fingerprint density at radius 3 is 2.47 bits per heavy atom. The molecule has 0 aliphatic rings. The predicted molar refractivity (Wildman–Crippen MR) is 70.3 cm³/mol. The number of Topliss-reactive ketones (excluding diaryl/α,β-unsaturated/α-hetero) is 1. The van der Waals surface area contributed by atoms with Crippen molar-refractivity contribution in [2.24, 2.45) is 0 Å². The second-order valence-electron chi connectivity index (χ2n) is 4.21. The third kappa shape index (κ3) is 4.70. The van der Waals surface area contributed by atoms with Crippen LogP contribution in [-0.2, 0) is 4.74 Å². The van der Waals surface area contributed by atoms with Gasteiger partial charge in [0.05, 0.1) is 0 Å². The molecule has 1 aromatic rings. The Bertz CT molecular complexity index is 319. The molecular formula is C15H22O2. The molecule has 0 N–H and O–H groups in total. The number of hydrogen-bond donors (Lipinski definition) is 0. The highest BCUT2D eigenvalue weighted by Crippen LogP contribution is 2.10. The summed E-state index contributed by atoms with van der Waals surface area (Å²) in [7, 11) is 0. The molecule has 1 atom stereocenters. The molecule has 94 valence electrons. The minimum absolute atomic E-state index is 0.101. The van der Waals surface area contributed by atoms with Gasteiger partial charge in [0.2, 0.25) is 0 Å². The van der Waals surface area contributed by atoms with Crippen molar-refractivity contribution in [2.45, 2.75) is 45.6 Å². The molecule has 0 radical (unpaired) electrons. The molecule has 1 aromatic carbocycles. The quantitative estimate of drug-likeness (QED) is 0.504. The Balaban J connectivity index is 2.47. The summed E-state index contributed by atoms with van der Waals surface area (Å²) in [6.45, 7) is 4.84. The van der Waals surface area contributed by atoms with E-state index in [4.69, 9.17) is 4.74 Å². The summed E-state index contributed by atoms with van der Waals surface area (Å²) < 4.78 is 5.66. The lowest BCUT2D eigenvalue weighted by atomic mass is 10.0. The fourth-order valence-corrected chi connectivity index (χ4v) is 1.74. The molecular weight excluding hydrogens is 212 g/mol. The Labute approximate surface area is 104 Å². The van der Waals surface area contributed by atoms with Crippen LogP contribution in [0.5, 0.6) is 0 Å². The molecule has 1 rings (SSSR count). The first kappa shape index (κ1) is 13.9. The van der Waals surface area contributed by atoms with E-state index in [1.165, 1.54) is 6.42 Å². The van der Waals surface area contributed by atoms with Crippen molar-refractivity contribution in [2.75, 3.05) is 6.61 Å². The summed E-state index contributed by atoms with van der Waals surface area (Å²) in [5, 5.41) is 0. The first-order chi connectivity index (χ1) is 8.29. The number of hydrogen-bond acceptors (Lipinski definition) is 2. The van der Waals surface area contributed by atoms with E-state index in [0.717, 1.165) is 24.8 Å². The Morgan fingerprint density at radius 1 is 1.18 bits per heavy atom. The van der Waals surface area contributed by atoms with E-state index in [-0.39, 0.29) is 11.9 Å². The van der Waals surface area contributed by atoms with Crippen molar-refractivity contribution >= 4 is 5.78 Å². The number of rotatable bonds is 8. The van der Waals surface area contributed by atoms with Gasteiger partial charge >= 0.3 is 0 Å². The number of unbranched alkanes of at least 4 members (excludes halogenated alkanes) is 2. The smallest absolute Gasteiger partial charge is 0.191 e. The van der Waals surface area contributed by atoms with Crippen molar-refractivity contribution in [1.29, 1.82) is 0 Å². The maximum Gasteiger partial charge on any atom is 0.191 e. The van der Waals surface area contributed by atoms with E-state index in [1.807, 2.05) is 37.3 Å². The van der Waals surface area contributed by atoms with Crippen LogP contribution in [0, 0.1) is 0 Å². The van der Waals surface area contributed by atoms with Crippen LogP contribution in [0.15, 0.2) is 30.3 Å². The van der Waals surface area contributed by atoms with Gasteiger partial charge in [-0.3, -0.25) is 4.79 Å². The summed E-state index contributed by atoms with van der Waals surface area (Å²) in [6.07, 6.45) is 3.83. The molecule has 2 nitrogen and oxygen atoms in total. The second kappa shape index (κ2) is 8.02. The van der Waals surface area contributed by atoms with Crippen LogP contribution in [0.25, 0.3) is 0 Å². The molecule has 0 fully saturated rings. The summed E-state index contributed by atoms with van der Waals surface area (Å²) in [5.41, 5.74) is 0.745. The molecule has 1 unspecified atom stereocenters. The highest BCUT2D eigenvalue weighted by Gasteiger charge is 2.18. The van der Waals surface area contributed by atoms with E-state index in [2.05, 4.69) is 6.92 Å². The average molecular weight is 234 g/mol. The fourth-order valence-electron chi connectivity index (χ4n) is 1.74. The molecule has 0 saturated heterocycles. The number of ketones is 1. The van der Waals surface area contributed by atoms with Crippen molar-refractivity contribution < 1.29 is 9.53 Å². The lowest BCUT2D eigenvalue weighted by Crippen LogP contribution is -2.24. The lowest BCUT2D eigenvalue weighted by Gasteiger charge is -2.14. The second-order valence-corrected chi connectivity index (χ2v) is 4.21. The van der Waals surface area contributed by atoms with E-state index in [0.29, 0.717) is 6.61 Å². The van der Waals surface area contributed by atoms with Crippen LogP contribution < -0.4 is 0 Å². The van der Waals surface area contributed by atoms with Crippen molar-refractivity contribution in [3.8, 4) is 0 Å². The zero-order valence-electron chi connectivity index (χ0n) is 10.8. The van der Waals surface area contributed by atoms with Crippen LogP contribution in [-0.4, -0.2) is 18.5 Å². The monoisotopic (exact) mass is 234 g/mol. The van der Waals surface area contributed by atoms with Gasteiger partial charge in [0.1, 0.15) is 6.10 Å². The van der Waals surface area contributed by atoms with Crippen molar-refractivity contribution in [3.63, 3.8) is 0 Å². The largest absolute Gasteiger partial charge is 0.370 e. The molecule has 0 aromatic heterocycles. The molecule has 0 heterocycles. The average Bonchev–Trinajstić information content (AvgIpc) is 2.39. The van der Waals surface area contributed by atoms with Crippen molar-refractivity contribution in [1.82, 2.24) is 0 Å². The molecule has 0 amide bonds. The van der Waals surface area contributed by atoms with Crippen LogP contribution in [0.3, 0.4) is 0 Å². The highest BCUT2D eigenvalue weighted by atomic mass is 16.5. The predicted octanol–water partition coefficient (Wildman–Crippen LogP) is 3.85. The SMILES string of the molecule is CCCCCOC(CC)C(=O)c1ccccc1. The first-order valence-corrected chi connectivity index (χ1v) is 6.50. The summed E-state index contributed by atoms with van der Waals surface area (Å²) >= 11 is 0. The number of ether oxygens (including phenoxy) is 1. The maximum absolute atomic E-state index is 12.1. The molecule has 0 aliphatic carbocycles. The highest BCUT2D eigenvalue weighted by molar-refractivity contribution is 5.99. The van der Waals surface area contributed by atoms with Crippen LogP contribution in [0.4, 0.5) is 0 Å². The number of carbonyl (C=O) groups is 1. The van der Waals surface area contributed by atoms with Crippen LogP contribution in [0.1, 0.15) is 49.9 Å². The van der Waals surface area contributed by atoms with E-state index < -0.39 is 0 Å². The number of benzene rings is 1. The Morgan fingerprint density at radius 2 is 1.88 bits per heavy atom. The topological polar surface area (TPSA) is 26.3 Å².